The Morgan fingerprint density at radius 3 is 2.77 bits per heavy atom. The number of esters is 1. The molecule has 0 aliphatic carbocycles. The van der Waals surface area contributed by atoms with Crippen molar-refractivity contribution >= 4 is 11.9 Å². The van der Waals surface area contributed by atoms with Crippen molar-refractivity contribution in [2.75, 3.05) is 6.61 Å². The van der Waals surface area contributed by atoms with Crippen LogP contribution in [0.1, 0.15) is 36.0 Å². The van der Waals surface area contributed by atoms with Crippen LogP contribution in [0, 0.1) is 23.0 Å². The summed E-state index contributed by atoms with van der Waals surface area (Å²) in [4.78, 5) is 27.2. The topological polar surface area (TPSA) is 70.4 Å². The zero-order valence-electron chi connectivity index (χ0n) is 16.9. The predicted octanol–water partition coefficient (Wildman–Crippen LogP) is 4.36. The molecule has 1 heterocycles. The minimum absolute atomic E-state index is 0.0470. The molecule has 0 fully saturated rings. The van der Waals surface area contributed by atoms with Crippen LogP contribution in [0.4, 0.5) is 8.78 Å². The lowest BCUT2D eigenvalue weighted by Crippen LogP contribution is -2.38. The number of hydrogen-bond donors (Lipinski definition) is 0. The number of benzene rings is 2. The van der Waals surface area contributed by atoms with Crippen molar-refractivity contribution in [3.63, 3.8) is 0 Å². The van der Waals surface area contributed by atoms with E-state index in [1.54, 1.807) is 31.2 Å². The molecule has 0 saturated carbocycles. The Hall–Kier alpha value is -3.79. The summed E-state index contributed by atoms with van der Waals surface area (Å²) in [6.45, 7) is 5.19. The maximum atomic E-state index is 14.5. The lowest BCUT2D eigenvalue weighted by Gasteiger charge is -2.34. The third-order valence-corrected chi connectivity index (χ3v) is 5.11. The molecule has 1 atom stereocenters. The average Bonchev–Trinajstić information content (AvgIpc) is 2.74. The van der Waals surface area contributed by atoms with E-state index >= 15 is 0 Å². The third kappa shape index (κ3) is 4.69. The second-order valence-electron chi connectivity index (χ2n) is 7.10. The fourth-order valence-corrected chi connectivity index (χ4v) is 3.65. The summed E-state index contributed by atoms with van der Waals surface area (Å²) >= 11 is 0. The van der Waals surface area contributed by atoms with Gasteiger partial charge >= 0.3 is 5.97 Å². The monoisotopic (exact) mass is 422 g/mol. The molecule has 0 saturated heterocycles. The highest BCUT2D eigenvalue weighted by Crippen LogP contribution is 2.38. The molecule has 158 valence electrons. The molecule has 3 rings (SSSR count). The SMILES string of the molecule is C=CCOC(=O)C1=C(C)N(Cc2cccc(C#N)c2)C(=O)CC1c1ccc(F)cc1F. The first-order valence-corrected chi connectivity index (χ1v) is 9.58. The van der Waals surface area contributed by atoms with Crippen LogP contribution in [0.2, 0.25) is 0 Å². The third-order valence-electron chi connectivity index (χ3n) is 5.11. The molecule has 1 aliphatic heterocycles. The van der Waals surface area contributed by atoms with E-state index in [1.165, 1.54) is 17.0 Å². The van der Waals surface area contributed by atoms with E-state index in [1.807, 2.05) is 6.07 Å². The van der Waals surface area contributed by atoms with E-state index < -0.39 is 23.5 Å². The zero-order valence-corrected chi connectivity index (χ0v) is 16.9. The lowest BCUT2D eigenvalue weighted by atomic mass is 9.83. The summed E-state index contributed by atoms with van der Waals surface area (Å²) in [5.74, 6) is -3.52. The average molecular weight is 422 g/mol. The molecule has 2 aromatic rings. The fourth-order valence-electron chi connectivity index (χ4n) is 3.65. The highest BCUT2D eigenvalue weighted by molar-refractivity contribution is 5.96. The van der Waals surface area contributed by atoms with Gasteiger partial charge in [-0.2, -0.15) is 5.26 Å². The molecule has 0 radical (unpaired) electrons. The minimum Gasteiger partial charge on any atom is -0.458 e. The maximum Gasteiger partial charge on any atom is 0.336 e. The number of rotatable bonds is 6. The van der Waals surface area contributed by atoms with E-state index in [0.717, 1.165) is 12.1 Å². The van der Waals surface area contributed by atoms with Crippen LogP contribution in [0.5, 0.6) is 0 Å². The Balaban J connectivity index is 2.06. The summed E-state index contributed by atoms with van der Waals surface area (Å²) in [5, 5.41) is 9.10. The van der Waals surface area contributed by atoms with Crippen LogP contribution in [0.15, 0.2) is 66.4 Å². The molecule has 0 bridgehead atoms. The predicted molar refractivity (Wildman–Crippen MR) is 109 cm³/mol. The summed E-state index contributed by atoms with van der Waals surface area (Å²) in [6, 6.07) is 11.9. The van der Waals surface area contributed by atoms with Gasteiger partial charge in [0.15, 0.2) is 0 Å². The van der Waals surface area contributed by atoms with Crippen molar-refractivity contribution < 1.29 is 23.1 Å². The Morgan fingerprint density at radius 2 is 2.10 bits per heavy atom. The fraction of sp³-hybridized carbons (Fsp3) is 0.208. The largest absolute Gasteiger partial charge is 0.458 e. The summed E-state index contributed by atoms with van der Waals surface area (Å²) in [5.41, 5.74) is 1.65. The first-order valence-electron chi connectivity index (χ1n) is 9.58. The molecule has 7 heteroatoms. The molecule has 1 amide bonds. The Bertz CT molecular complexity index is 1120. The molecular formula is C24H20F2N2O3. The number of allylic oxidation sites excluding steroid dienone is 1. The second-order valence-corrected chi connectivity index (χ2v) is 7.10. The maximum absolute atomic E-state index is 14.5. The molecule has 0 aromatic heterocycles. The van der Waals surface area contributed by atoms with Gasteiger partial charge in [0.2, 0.25) is 5.91 Å². The first-order chi connectivity index (χ1) is 14.8. The van der Waals surface area contributed by atoms with Crippen LogP contribution in [-0.2, 0) is 20.9 Å². The Labute approximate surface area is 178 Å². The molecule has 1 aliphatic rings. The van der Waals surface area contributed by atoms with Crippen molar-refractivity contribution in [1.82, 2.24) is 4.90 Å². The highest BCUT2D eigenvalue weighted by atomic mass is 19.1. The van der Waals surface area contributed by atoms with Gasteiger partial charge in [-0.15, -0.1) is 0 Å². The number of amides is 1. The van der Waals surface area contributed by atoms with Gasteiger partial charge in [-0.05, 0) is 36.2 Å². The number of ether oxygens (including phenoxy) is 1. The van der Waals surface area contributed by atoms with Crippen LogP contribution in [0.25, 0.3) is 0 Å². The van der Waals surface area contributed by atoms with Crippen molar-refractivity contribution in [3.05, 3.63) is 94.7 Å². The molecule has 5 nitrogen and oxygen atoms in total. The Kier molecular flexibility index (Phi) is 6.61. The smallest absolute Gasteiger partial charge is 0.336 e. The number of hydrogen-bond acceptors (Lipinski definition) is 4. The van der Waals surface area contributed by atoms with E-state index in [2.05, 4.69) is 6.58 Å². The van der Waals surface area contributed by atoms with E-state index in [-0.39, 0.29) is 36.6 Å². The van der Waals surface area contributed by atoms with Crippen molar-refractivity contribution in [3.8, 4) is 6.07 Å². The van der Waals surface area contributed by atoms with Crippen molar-refractivity contribution in [2.45, 2.75) is 25.8 Å². The van der Waals surface area contributed by atoms with Crippen LogP contribution >= 0.6 is 0 Å². The lowest BCUT2D eigenvalue weighted by molar-refractivity contribution is -0.139. The molecule has 2 aromatic carbocycles. The van der Waals surface area contributed by atoms with Gasteiger partial charge < -0.3 is 9.64 Å². The van der Waals surface area contributed by atoms with Gasteiger partial charge in [0.1, 0.15) is 18.2 Å². The number of carbonyl (C=O) groups is 2. The standard InChI is InChI=1S/C24H20F2N2O3/c1-3-9-31-24(30)23-15(2)28(14-17-6-4-5-16(10-17)13-27)22(29)12-20(23)19-8-7-18(25)11-21(19)26/h3-8,10-11,20H,1,9,12,14H2,2H3. The van der Waals surface area contributed by atoms with Crippen molar-refractivity contribution in [1.29, 1.82) is 5.26 Å². The Morgan fingerprint density at radius 1 is 1.32 bits per heavy atom. The highest BCUT2D eigenvalue weighted by Gasteiger charge is 2.38. The molecular weight excluding hydrogens is 402 g/mol. The molecule has 0 spiro atoms. The van der Waals surface area contributed by atoms with E-state index in [4.69, 9.17) is 10.00 Å². The quantitative estimate of drug-likeness (QED) is 0.512. The van der Waals surface area contributed by atoms with Gasteiger partial charge in [-0.1, -0.05) is 30.9 Å². The summed E-state index contributed by atoms with van der Waals surface area (Å²) < 4.78 is 33.1. The van der Waals surface area contributed by atoms with Gasteiger partial charge in [-0.3, -0.25) is 4.79 Å². The number of nitrogens with zero attached hydrogens (tertiary/aromatic N) is 2. The second kappa shape index (κ2) is 9.35. The number of halogens is 2. The molecule has 1 unspecified atom stereocenters. The van der Waals surface area contributed by atoms with Crippen LogP contribution in [0.3, 0.4) is 0 Å². The zero-order chi connectivity index (χ0) is 22.5. The van der Waals surface area contributed by atoms with Gasteiger partial charge in [0.05, 0.1) is 23.8 Å². The van der Waals surface area contributed by atoms with E-state index in [0.29, 0.717) is 16.8 Å². The normalized spacial score (nSPS) is 16.1. The van der Waals surface area contributed by atoms with Gasteiger partial charge in [0.25, 0.3) is 0 Å². The minimum atomic E-state index is -0.910. The molecule has 31 heavy (non-hydrogen) atoms. The summed E-state index contributed by atoms with van der Waals surface area (Å²) in [7, 11) is 0. The van der Waals surface area contributed by atoms with Gasteiger partial charge in [0, 0.05) is 24.1 Å². The van der Waals surface area contributed by atoms with Crippen LogP contribution in [-0.4, -0.2) is 23.4 Å². The van der Waals surface area contributed by atoms with Crippen LogP contribution < -0.4 is 0 Å². The van der Waals surface area contributed by atoms with Crippen molar-refractivity contribution in [2.24, 2.45) is 0 Å². The number of nitriles is 1. The van der Waals surface area contributed by atoms with E-state index in [9.17, 15) is 18.4 Å². The number of carbonyl (C=O) groups excluding carboxylic acids is 2. The van der Waals surface area contributed by atoms with Gasteiger partial charge in [-0.25, -0.2) is 13.6 Å². The summed E-state index contributed by atoms with van der Waals surface area (Å²) in [6.07, 6.45) is 1.22. The molecule has 0 N–H and O–H groups in total. The first kappa shape index (κ1) is 21.9.